The van der Waals surface area contributed by atoms with Crippen LogP contribution in [0.15, 0.2) is 150 Å². The summed E-state index contributed by atoms with van der Waals surface area (Å²) in [4.78, 5) is 52.1. The van der Waals surface area contributed by atoms with Gasteiger partial charge in [-0.1, -0.05) is 53.5 Å². The molecule has 21 nitrogen and oxygen atoms in total. The molecule has 9 aromatic rings. The number of anilines is 3. The van der Waals surface area contributed by atoms with Crippen molar-refractivity contribution in [1.82, 2.24) is 43.7 Å². The molecule has 3 N–H and O–H groups in total. The molecule has 0 radical (unpaired) electrons. The topological polar surface area (TPSA) is 270 Å². The minimum absolute atomic E-state index is 0.00745. The van der Waals surface area contributed by atoms with Gasteiger partial charge in [-0.2, -0.15) is 3.97 Å². The fraction of sp³-hybridized carbons (Fsp3) is 0.200. The number of hydrogen-bond acceptors (Lipinski definition) is 18. The first-order valence-electron chi connectivity index (χ1n) is 22.8. The lowest BCUT2D eigenvalue weighted by Crippen LogP contribution is -2.34. The Morgan fingerprint density at radius 3 is 1.65 bits per heavy atom. The summed E-state index contributed by atoms with van der Waals surface area (Å²) in [6, 6.07) is 33.3. The van der Waals surface area contributed by atoms with Crippen molar-refractivity contribution in [2.45, 2.75) is 66.1 Å². The highest BCUT2D eigenvalue weighted by Gasteiger charge is 2.35. The highest BCUT2D eigenvalue weighted by molar-refractivity contribution is 8.02. The number of para-hydroxylation sites is 1. The molecule has 0 saturated heterocycles. The first-order chi connectivity index (χ1) is 35.9. The molecule has 3 aromatic carbocycles. The van der Waals surface area contributed by atoms with Crippen molar-refractivity contribution < 1.29 is 40.8 Å². The third kappa shape index (κ3) is 11.5. The fourth-order valence-electron chi connectivity index (χ4n) is 7.27. The molecule has 6 aromatic heterocycles. The van der Waals surface area contributed by atoms with E-state index in [-0.39, 0.29) is 51.0 Å². The van der Waals surface area contributed by atoms with Crippen LogP contribution in [0, 0.1) is 0 Å². The molecule has 3 amide bonds. The number of nitrogens with zero attached hydrogens (tertiary/aromatic N) is 9. The van der Waals surface area contributed by atoms with Gasteiger partial charge in [-0.15, -0.1) is 30.6 Å². The third-order valence-electron chi connectivity index (χ3n) is 11.2. The molecule has 0 saturated carbocycles. The third-order valence-corrected chi connectivity index (χ3v) is 15.5. The van der Waals surface area contributed by atoms with Crippen LogP contribution in [0.1, 0.15) is 34.6 Å². The van der Waals surface area contributed by atoms with Crippen LogP contribution in [-0.4, -0.2) is 97.8 Å². The van der Waals surface area contributed by atoms with Crippen LogP contribution >= 0.6 is 35.3 Å². The summed E-state index contributed by atoms with van der Waals surface area (Å²) in [5, 5.41) is 34.6. The van der Waals surface area contributed by atoms with Crippen molar-refractivity contribution >= 4 is 86.5 Å². The lowest BCUT2D eigenvalue weighted by atomic mass is 10.1. The van der Waals surface area contributed by atoms with Crippen molar-refractivity contribution in [3.05, 3.63) is 122 Å². The summed E-state index contributed by atoms with van der Waals surface area (Å²) in [5.74, 6) is 1.58. The van der Waals surface area contributed by atoms with Crippen LogP contribution in [0.5, 0.6) is 0 Å². The number of nitrogens with one attached hydrogen (secondary N) is 3. The molecule has 0 spiro atoms. The Labute approximate surface area is 441 Å². The van der Waals surface area contributed by atoms with Crippen molar-refractivity contribution in [1.29, 1.82) is 0 Å². The maximum Gasteiger partial charge on any atom is 0.240 e. The predicted octanol–water partition coefficient (Wildman–Crippen LogP) is 9.19. The fourth-order valence-corrected chi connectivity index (χ4v) is 11.1. The van der Waals surface area contributed by atoms with Gasteiger partial charge in [0.1, 0.15) is 11.5 Å². The Balaban J connectivity index is 0.777. The second-order valence-corrected chi connectivity index (χ2v) is 23.4. The lowest BCUT2D eigenvalue weighted by molar-refractivity contribution is -0.118. The summed E-state index contributed by atoms with van der Waals surface area (Å²) in [6.45, 7) is 9.44. The van der Waals surface area contributed by atoms with E-state index < -0.39 is 25.4 Å². The summed E-state index contributed by atoms with van der Waals surface area (Å²) < 4.78 is 45.1. The number of carbonyl (C=O) groups is 4. The van der Waals surface area contributed by atoms with E-state index in [0.29, 0.717) is 63.8 Å². The van der Waals surface area contributed by atoms with E-state index in [1.54, 1.807) is 74.5 Å². The highest BCUT2D eigenvalue weighted by Crippen LogP contribution is 2.38. The van der Waals surface area contributed by atoms with E-state index in [0.717, 1.165) is 39.3 Å². The molecule has 384 valence electrons. The monoisotopic (exact) mass is 1090 g/mol. The van der Waals surface area contributed by atoms with Crippen LogP contribution in [0.3, 0.4) is 0 Å². The molecular weight excluding hydrogens is 1040 g/mol. The molecule has 75 heavy (non-hydrogen) atoms. The van der Waals surface area contributed by atoms with E-state index in [1.807, 2.05) is 79.9 Å². The summed E-state index contributed by atoms with van der Waals surface area (Å²) >= 11 is 3.25. The molecule has 6 heterocycles. The highest BCUT2D eigenvalue weighted by atomic mass is 32.2. The number of thioether (sulfide) groups is 3. The summed E-state index contributed by atoms with van der Waals surface area (Å²) in [6.07, 6.45) is 2.94. The van der Waals surface area contributed by atoms with Gasteiger partial charge in [-0.3, -0.25) is 23.7 Å². The zero-order valence-electron chi connectivity index (χ0n) is 40.9. The van der Waals surface area contributed by atoms with Gasteiger partial charge in [0.05, 0.1) is 27.8 Å². The largest absolute Gasteiger partial charge is 0.461 e. The molecule has 0 unspecified atom stereocenters. The number of hydrogen-bond donors (Lipinski definition) is 3. The minimum atomic E-state index is -3.87. The zero-order valence-corrected chi connectivity index (χ0v) is 44.1. The Morgan fingerprint density at radius 1 is 0.587 bits per heavy atom. The molecule has 0 bridgehead atoms. The van der Waals surface area contributed by atoms with Gasteiger partial charge >= 0.3 is 0 Å². The van der Waals surface area contributed by atoms with Gasteiger partial charge in [0.25, 0.3) is 0 Å². The Bertz CT molecular complexity index is 3640. The first kappa shape index (κ1) is 51.9. The average Bonchev–Trinajstić information content (AvgIpc) is 4.26. The van der Waals surface area contributed by atoms with Crippen LogP contribution in [0.4, 0.5) is 17.1 Å². The van der Waals surface area contributed by atoms with E-state index in [1.165, 1.54) is 22.6 Å². The maximum absolute atomic E-state index is 13.5. The zero-order chi connectivity index (χ0) is 53.1. The average molecular weight is 1090 g/mol. The van der Waals surface area contributed by atoms with Crippen molar-refractivity contribution in [2.24, 2.45) is 0 Å². The molecule has 25 heteroatoms. The van der Waals surface area contributed by atoms with Gasteiger partial charge in [-0.05, 0) is 132 Å². The lowest BCUT2D eigenvalue weighted by Gasteiger charge is -2.22. The van der Waals surface area contributed by atoms with Gasteiger partial charge in [0.2, 0.25) is 56.8 Å². The number of carbonyl (C=O) groups excluding carboxylic acids is 4. The van der Waals surface area contributed by atoms with E-state index >= 15 is 0 Å². The first-order valence-corrected chi connectivity index (χ1v) is 27.3. The van der Waals surface area contributed by atoms with Crippen molar-refractivity contribution in [2.75, 3.05) is 28.0 Å². The van der Waals surface area contributed by atoms with Crippen LogP contribution in [-0.2, 0) is 35.7 Å². The molecule has 0 aliphatic rings. The quantitative estimate of drug-likeness (QED) is 0.0474. The molecule has 0 atom stereocenters. The van der Waals surface area contributed by atoms with E-state index in [9.17, 15) is 27.6 Å². The Kier molecular flexibility index (Phi) is 14.8. The van der Waals surface area contributed by atoms with Gasteiger partial charge < -0.3 is 29.2 Å². The van der Waals surface area contributed by atoms with E-state index in [4.69, 9.17) is 13.3 Å². The van der Waals surface area contributed by atoms with Crippen molar-refractivity contribution in [3.63, 3.8) is 0 Å². The Hall–Kier alpha value is -8.00. The smallest absolute Gasteiger partial charge is 0.240 e. The minimum Gasteiger partial charge on any atom is -0.461 e. The standard InChI is InChI=1S/C50H46N12O9S4/c1-7-60-41(54-58-47(60)73-49(2,3)44(65)52-32-12-9-8-10-13-32)38-25-23-35(70-38)30-15-19-33(20-16-30)51-40(64)28-72-46-57-55-42(61(46)29-63)39-26-24-36(71-39)31-17-21-34(22-18-31)53-45(66)50(4,5)74-48-59-56-43(37-14-11-27-69-37)62(48)75(6,67)68/h8-27,29H,7,28H2,1-6H3,(H,51,64)(H,52,65)(H,53,66). The second kappa shape index (κ2) is 21.5. The van der Waals surface area contributed by atoms with E-state index in [2.05, 4.69) is 46.5 Å². The van der Waals surface area contributed by atoms with Crippen LogP contribution < -0.4 is 16.0 Å². The second-order valence-electron chi connectivity index (χ2n) is 17.5. The molecular formula is C50H46N12O9S4. The number of rotatable bonds is 20. The molecule has 0 aliphatic heterocycles. The Morgan fingerprint density at radius 2 is 1.09 bits per heavy atom. The molecule has 0 aliphatic carbocycles. The van der Waals surface area contributed by atoms with Crippen LogP contribution in [0.2, 0.25) is 0 Å². The van der Waals surface area contributed by atoms with Crippen molar-refractivity contribution in [3.8, 4) is 57.4 Å². The van der Waals surface area contributed by atoms with Gasteiger partial charge in [0, 0.05) is 34.7 Å². The molecule has 9 rings (SSSR count). The SMILES string of the molecule is CCn1c(SC(C)(C)C(=O)Nc2ccccc2)nnc1-c1ccc(-c2ccc(NC(=O)CSc3nnc(-c4ccc(-c5ccc(NC(=O)C(C)(C)Sc6nnc(-c7ccco7)n6S(C)(=O)=O)cc5)o4)n3C=O)cc2)o1. The number of aromatic nitrogens is 9. The normalized spacial score (nSPS) is 11.9. The number of benzene rings is 3. The number of amides is 3. The maximum atomic E-state index is 13.5. The number of furan rings is 3. The van der Waals surface area contributed by atoms with Crippen LogP contribution in [0.25, 0.3) is 57.4 Å². The summed E-state index contributed by atoms with van der Waals surface area (Å²) in [7, 11) is -3.87. The summed E-state index contributed by atoms with van der Waals surface area (Å²) in [5.41, 5.74) is 3.12. The van der Waals surface area contributed by atoms with Gasteiger partial charge in [-0.25, -0.2) is 13.0 Å². The van der Waals surface area contributed by atoms with Gasteiger partial charge in [0.15, 0.2) is 27.6 Å². The molecule has 0 fully saturated rings. The predicted molar refractivity (Wildman–Crippen MR) is 285 cm³/mol.